The number of amides is 2. The Morgan fingerprint density at radius 2 is 1.71 bits per heavy atom. The second-order valence-electron chi connectivity index (χ2n) is 8.12. The van der Waals surface area contributed by atoms with Gasteiger partial charge in [0.2, 0.25) is 5.88 Å². The molecule has 0 atom stereocenters. The van der Waals surface area contributed by atoms with E-state index in [0.29, 0.717) is 5.75 Å². The highest BCUT2D eigenvalue weighted by molar-refractivity contribution is 6.29. The van der Waals surface area contributed by atoms with Crippen molar-refractivity contribution in [2.24, 2.45) is 5.73 Å². The molecule has 2 heterocycles. The van der Waals surface area contributed by atoms with E-state index < -0.39 is 17.8 Å². The zero-order chi connectivity index (χ0) is 25.0. The standard InChI is InChI=1S/C24H23ClF3N5O2/c25-21-13-22(31-15-30-21)35-19-8-6-17(7-9-19)33(23(29)34)18-5-4-16(20(12-18)24(26,27)28)14-32-10-2-1-3-11-32/h4-9,12-13,15H,1-3,10-11,14H2,(H2,29,34). The normalized spacial score (nSPS) is 14.5. The van der Waals surface area contributed by atoms with E-state index in [1.54, 1.807) is 0 Å². The number of hydrogen-bond donors (Lipinski definition) is 1. The van der Waals surface area contributed by atoms with E-state index in [1.165, 1.54) is 48.8 Å². The summed E-state index contributed by atoms with van der Waals surface area (Å²) in [6, 6.07) is 10.5. The summed E-state index contributed by atoms with van der Waals surface area (Å²) in [6.45, 7) is 1.73. The smallest absolute Gasteiger partial charge is 0.416 e. The van der Waals surface area contributed by atoms with Gasteiger partial charge >= 0.3 is 12.2 Å². The number of rotatable bonds is 6. The topological polar surface area (TPSA) is 84.6 Å². The van der Waals surface area contributed by atoms with Crippen molar-refractivity contribution in [1.29, 1.82) is 0 Å². The van der Waals surface area contributed by atoms with Gasteiger partial charge in [0.25, 0.3) is 0 Å². The molecule has 0 bridgehead atoms. The number of nitrogens with two attached hydrogens (primary N) is 1. The lowest BCUT2D eigenvalue weighted by molar-refractivity contribution is -0.138. The lowest BCUT2D eigenvalue weighted by Gasteiger charge is -2.28. The van der Waals surface area contributed by atoms with Crippen LogP contribution in [0.15, 0.2) is 54.9 Å². The number of piperidine rings is 1. The van der Waals surface area contributed by atoms with Gasteiger partial charge in [-0.1, -0.05) is 24.1 Å². The Bertz CT molecular complexity index is 1180. The fourth-order valence-electron chi connectivity index (χ4n) is 4.02. The minimum atomic E-state index is -4.58. The maximum absolute atomic E-state index is 13.9. The minimum Gasteiger partial charge on any atom is -0.439 e. The predicted octanol–water partition coefficient (Wildman–Crippen LogP) is 6.14. The van der Waals surface area contributed by atoms with Crippen molar-refractivity contribution in [2.75, 3.05) is 18.0 Å². The van der Waals surface area contributed by atoms with Crippen LogP contribution in [0.3, 0.4) is 0 Å². The molecule has 2 amide bonds. The maximum Gasteiger partial charge on any atom is 0.416 e. The number of alkyl halides is 3. The number of aromatic nitrogens is 2. The SMILES string of the molecule is NC(=O)N(c1ccc(Oc2cc(Cl)ncn2)cc1)c1ccc(CN2CCCCC2)c(C(F)(F)F)c1. The van der Waals surface area contributed by atoms with E-state index in [1.807, 2.05) is 4.90 Å². The van der Waals surface area contributed by atoms with Crippen molar-refractivity contribution in [1.82, 2.24) is 14.9 Å². The van der Waals surface area contributed by atoms with Crippen LogP contribution in [0.25, 0.3) is 0 Å². The molecule has 1 aliphatic heterocycles. The third-order valence-corrected chi connectivity index (χ3v) is 5.85. The molecule has 0 saturated carbocycles. The summed E-state index contributed by atoms with van der Waals surface area (Å²) in [5, 5.41) is 0.204. The Kier molecular flexibility index (Phi) is 7.42. The Labute approximate surface area is 205 Å². The zero-order valence-electron chi connectivity index (χ0n) is 18.6. The molecule has 0 spiro atoms. The van der Waals surface area contributed by atoms with Crippen LogP contribution >= 0.6 is 11.6 Å². The third kappa shape index (κ3) is 6.20. The lowest BCUT2D eigenvalue weighted by atomic mass is 10.0. The fraction of sp³-hybridized carbons (Fsp3) is 0.292. The number of nitrogens with zero attached hydrogens (tertiary/aromatic N) is 4. The number of hydrogen-bond acceptors (Lipinski definition) is 5. The van der Waals surface area contributed by atoms with E-state index in [2.05, 4.69) is 9.97 Å². The molecule has 1 saturated heterocycles. The predicted molar refractivity (Wildman–Crippen MR) is 126 cm³/mol. The average molecular weight is 506 g/mol. The molecule has 2 aromatic carbocycles. The second kappa shape index (κ2) is 10.5. The van der Waals surface area contributed by atoms with Gasteiger partial charge < -0.3 is 10.5 Å². The molecule has 3 aromatic rings. The first-order chi connectivity index (χ1) is 16.7. The maximum atomic E-state index is 13.9. The summed E-state index contributed by atoms with van der Waals surface area (Å²) in [4.78, 5) is 23.0. The first-order valence-electron chi connectivity index (χ1n) is 11.0. The Morgan fingerprint density at radius 3 is 2.34 bits per heavy atom. The van der Waals surface area contributed by atoms with Gasteiger partial charge in [0, 0.05) is 12.6 Å². The van der Waals surface area contributed by atoms with Crippen molar-refractivity contribution < 1.29 is 22.7 Å². The highest BCUT2D eigenvalue weighted by atomic mass is 35.5. The number of urea groups is 1. The first kappa shape index (κ1) is 24.7. The van der Waals surface area contributed by atoms with E-state index in [-0.39, 0.29) is 34.5 Å². The van der Waals surface area contributed by atoms with Gasteiger partial charge in [-0.15, -0.1) is 0 Å². The number of carbonyl (C=O) groups is 1. The molecule has 0 radical (unpaired) electrons. The van der Waals surface area contributed by atoms with Crippen molar-refractivity contribution in [3.8, 4) is 11.6 Å². The second-order valence-corrected chi connectivity index (χ2v) is 8.51. The number of anilines is 2. The number of primary amides is 1. The van der Waals surface area contributed by atoms with Crippen LogP contribution in [0.4, 0.5) is 29.3 Å². The van der Waals surface area contributed by atoms with Crippen LogP contribution < -0.4 is 15.4 Å². The molecule has 11 heteroatoms. The molecular formula is C24H23ClF3N5O2. The Balaban J connectivity index is 1.61. The van der Waals surface area contributed by atoms with E-state index in [0.717, 1.165) is 43.3 Å². The van der Waals surface area contributed by atoms with Crippen molar-refractivity contribution in [2.45, 2.75) is 32.0 Å². The summed E-state index contributed by atoms with van der Waals surface area (Å²) < 4.78 is 47.4. The summed E-state index contributed by atoms with van der Waals surface area (Å²) >= 11 is 5.82. The number of carbonyl (C=O) groups excluding carboxylic acids is 1. The zero-order valence-corrected chi connectivity index (χ0v) is 19.4. The summed E-state index contributed by atoms with van der Waals surface area (Å²) in [5.74, 6) is 0.587. The highest BCUT2D eigenvalue weighted by Gasteiger charge is 2.35. The summed E-state index contributed by atoms with van der Waals surface area (Å²) in [6.07, 6.45) is -0.307. The van der Waals surface area contributed by atoms with Gasteiger partial charge in [0.1, 0.15) is 17.2 Å². The van der Waals surface area contributed by atoms with E-state index in [4.69, 9.17) is 22.1 Å². The molecule has 184 valence electrons. The van der Waals surface area contributed by atoms with Gasteiger partial charge in [-0.2, -0.15) is 13.2 Å². The number of halogens is 4. The Hall–Kier alpha value is -3.37. The Morgan fingerprint density at radius 1 is 1.03 bits per heavy atom. The summed E-state index contributed by atoms with van der Waals surface area (Å²) in [5.41, 5.74) is 5.24. The van der Waals surface area contributed by atoms with Crippen LogP contribution in [-0.2, 0) is 12.7 Å². The highest BCUT2D eigenvalue weighted by Crippen LogP contribution is 2.37. The molecule has 2 N–H and O–H groups in total. The van der Waals surface area contributed by atoms with Crippen molar-refractivity contribution in [3.63, 3.8) is 0 Å². The monoisotopic (exact) mass is 505 g/mol. The van der Waals surface area contributed by atoms with Crippen LogP contribution in [-0.4, -0.2) is 34.0 Å². The van der Waals surface area contributed by atoms with Crippen LogP contribution in [0.5, 0.6) is 11.6 Å². The first-order valence-corrected chi connectivity index (χ1v) is 11.4. The van der Waals surface area contributed by atoms with Crippen molar-refractivity contribution in [3.05, 3.63) is 71.1 Å². The van der Waals surface area contributed by atoms with Gasteiger partial charge in [0.05, 0.1) is 16.9 Å². The van der Waals surface area contributed by atoms with Gasteiger partial charge in [-0.05, 0) is 67.9 Å². The molecule has 35 heavy (non-hydrogen) atoms. The third-order valence-electron chi connectivity index (χ3n) is 5.65. The van der Waals surface area contributed by atoms with Crippen LogP contribution in [0.1, 0.15) is 30.4 Å². The van der Waals surface area contributed by atoms with E-state index >= 15 is 0 Å². The quantitative estimate of drug-likeness (QED) is 0.406. The van der Waals surface area contributed by atoms with Crippen LogP contribution in [0, 0.1) is 0 Å². The fourth-order valence-corrected chi connectivity index (χ4v) is 4.16. The molecule has 1 fully saturated rings. The molecule has 0 unspecified atom stereocenters. The minimum absolute atomic E-state index is 0.0171. The number of benzene rings is 2. The molecule has 7 nitrogen and oxygen atoms in total. The van der Waals surface area contributed by atoms with Crippen LogP contribution in [0.2, 0.25) is 5.15 Å². The van der Waals surface area contributed by atoms with Gasteiger partial charge in [-0.3, -0.25) is 9.80 Å². The van der Waals surface area contributed by atoms with Crippen molar-refractivity contribution >= 4 is 29.0 Å². The largest absolute Gasteiger partial charge is 0.439 e. The molecule has 1 aliphatic rings. The molecular weight excluding hydrogens is 483 g/mol. The molecule has 4 rings (SSSR count). The van der Waals surface area contributed by atoms with Gasteiger partial charge in [-0.25, -0.2) is 14.8 Å². The lowest BCUT2D eigenvalue weighted by Crippen LogP contribution is -2.32. The van der Waals surface area contributed by atoms with E-state index in [9.17, 15) is 18.0 Å². The average Bonchev–Trinajstić information content (AvgIpc) is 2.81. The number of likely N-dealkylation sites (tertiary alicyclic amines) is 1. The molecule has 0 aliphatic carbocycles. The number of ether oxygens (including phenoxy) is 1. The summed E-state index contributed by atoms with van der Waals surface area (Å²) in [7, 11) is 0. The van der Waals surface area contributed by atoms with Gasteiger partial charge in [0.15, 0.2) is 0 Å². The molecule has 1 aromatic heterocycles.